The number of nitrogens with two attached hydrogens (primary N) is 2. The Kier molecular flexibility index (Phi) is 7.64. The Morgan fingerprint density at radius 1 is 1.47 bits per heavy atom. The lowest BCUT2D eigenvalue weighted by molar-refractivity contribution is -0.110. The molecule has 0 saturated heterocycles. The van der Waals surface area contributed by atoms with Gasteiger partial charge in [0.25, 0.3) is 0 Å². The summed E-state index contributed by atoms with van der Waals surface area (Å²) in [6, 6.07) is 0. The third-order valence-corrected chi connectivity index (χ3v) is 2.35. The van der Waals surface area contributed by atoms with E-state index in [4.69, 9.17) is 11.5 Å². The molecule has 15 heavy (non-hydrogen) atoms. The molecule has 1 aliphatic carbocycles. The summed E-state index contributed by atoms with van der Waals surface area (Å²) in [5.41, 5.74) is 13.1. The minimum atomic E-state index is -0.105. The highest BCUT2D eigenvalue weighted by Gasteiger charge is 2.13. The quantitative estimate of drug-likeness (QED) is 0.697. The Hall–Kier alpha value is -1.09. The lowest BCUT2D eigenvalue weighted by Crippen LogP contribution is -2.12. The highest BCUT2D eigenvalue weighted by molar-refractivity contribution is 5.59. The number of rotatable bonds is 3. The van der Waals surface area contributed by atoms with E-state index in [1.165, 1.54) is 5.57 Å². The smallest absolute Gasteiger partial charge is 0.128 e. The molecule has 0 amide bonds. The fourth-order valence-corrected chi connectivity index (χ4v) is 1.47. The van der Waals surface area contributed by atoms with Crippen molar-refractivity contribution in [1.82, 2.24) is 0 Å². The lowest BCUT2D eigenvalue weighted by Gasteiger charge is -2.07. The largest absolute Gasteiger partial charge is 0.401 e. The van der Waals surface area contributed by atoms with Gasteiger partial charge in [-0.25, -0.2) is 0 Å². The molecule has 0 saturated carbocycles. The summed E-state index contributed by atoms with van der Waals surface area (Å²) < 4.78 is 0. The van der Waals surface area contributed by atoms with Crippen molar-refractivity contribution >= 4 is 6.29 Å². The van der Waals surface area contributed by atoms with Gasteiger partial charge >= 0.3 is 0 Å². The number of carbonyl (C=O) groups is 1. The monoisotopic (exact) mass is 210 g/mol. The zero-order valence-corrected chi connectivity index (χ0v) is 9.70. The predicted octanol–water partition coefficient (Wildman–Crippen LogP) is 1.74. The first-order valence-corrected chi connectivity index (χ1v) is 5.58. The molecule has 1 rings (SSSR count). The second-order valence-electron chi connectivity index (χ2n) is 3.31. The molecule has 4 N–H and O–H groups in total. The van der Waals surface area contributed by atoms with Crippen LogP contribution in [0.5, 0.6) is 0 Å². The number of allylic oxidation sites excluding steroid dienone is 3. The molecule has 1 aliphatic rings. The van der Waals surface area contributed by atoms with Crippen LogP contribution >= 0.6 is 0 Å². The first-order chi connectivity index (χ1) is 7.27. The first-order valence-electron chi connectivity index (χ1n) is 5.58. The molecule has 3 nitrogen and oxygen atoms in total. The molecule has 0 fully saturated rings. The van der Waals surface area contributed by atoms with Gasteiger partial charge in [0, 0.05) is 5.70 Å². The topological polar surface area (TPSA) is 69.1 Å². The van der Waals surface area contributed by atoms with Crippen LogP contribution in [0.3, 0.4) is 0 Å². The van der Waals surface area contributed by atoms with Gasteiger partial charge < -0.3 is 16.3 Å². The Morgan fingerprint density at radius 2 is 2.13 bits per heavy atom. The molecule has 3 heteroatoms. The SMILES string of the molecule is CC.NCCC1=CC=C(N)C(C=O)CC1. The van der Waals surface area contributed by atoms with Crippen LogP contribution in [0.2, 0.25) is 0 Å². The normalized spacial score (nSPS) is 20.3. The number of hydrogen-bond acceptors (Lipinski definition) is 3. The van der Waals surface area contributed by atoms with Crippen LogP contribution in [-0.4, -0.2) is 12.8 Å². The van der Waals surface area contributed by atoms with Gasteiger partial charge in [-0.05, 0) is 31.9 Å². The van der Waals surface area contributed by atoms with Gasteiger partial charge in [-0.2, -0.15) is 0 Å². The van der Waals surface area contributed by atoms with Crippen LogP contribution in [0, 0.1) is 5.92 Å². The van der Waals surface area contributed by atoms with Crippen molar-refractivity contribution in [2.75, 3.05) is 6.54 Å². The van der Waals surface area contributed by atoms with Gasteiger partial charge in [-0.3, -0.25) is 0 Å². The van der Waals surface area contributed by atoms with Crippen molar-refractivity contribution in [3.63, 3.8) is 0 Å². The van der Waals surface area contributed by atoms with Crippen molar-refractivity contribution in [3.05, 3.63) is 23.4 Å². The molecule has 0 radical (unpaired) electrons. The molecular weight excluding hydrogens is 188 g/mol. The molecule has 1 unspecified atom stereocenters. The predicted molar refractivity (Wildman–Crippen MR) is 64.2 cm³/mol. The van der Waals surface area contributed by atoms with Crippen molar-refractivity contribution in [1.29, 1.82) is 0 Å². The summed E-state index contributed by atoms with van der Waals surface area (Å²) in [5, 5.41) is 0. The Morgan fingerprint density at radius 3 is 2.67 bits per heavy atom. The molecule has 1 atom stereocenters. The van der Waals surface area contributed by atoms with Crippen LogP contribution in [0.1, 0.15) is 33.1 Å². The Labute approximate surface area is 92.2 Å². The Balaban J connectivity index is 0.000000921. The minimum Gasteiger partial charge on any atom is -0.401 e. The molecule has 0 aliphatic heterocycles. The number of carbonyl (C=O) groups excluding carboxylic acids is 1. The highest BCUT2D eigenvalue weighted by Crippen LogP contribution is 2.21. The van der Waals surface area contributed by atoms with Crippen LogP contribution in [-0.2, 0) is 4.79 Å². The van der Waals surface area contributed by atoms with E-state index in [1.54, 1.807) is 0 Å². The summed E-state index contributed by atoms with van der Waals surface area (Å²) in [4.78, 5) is 10.6. The molecule has 0 aromatic carbocycles. The van der Waals surface area contributed by atoms with Gasteiger partial charge in [0.15, 0.2) is 0 Å². The summed E-state index contributed by atoms with van der Waals surface area (Å²) in [7, 11) is 0. The van der Waals surface area contributed by atoms with Crippen LogP contribution in [0.4, 0.5) is 0 Å². The van der Waals surface area contributed by atoms with E-state index in [9.17, 15) is 4.79 Å². The van der Waals surface area contributed by atoms with E-state index < -0.39 is 0 Å². The minimum absolute atomic E-state index is 0.105. The van der Waals surface area contributed by atoms with Crippen molar-refractivity contribution in [2.24, 2.45) is 17.4 Å². The standard InChI is InChI=1S/C10H16N2O.C2H6/c11-6-5-8-1-3-9(7-13)10(12)4-2-8;1-2/h2,4,7,9H,1,3,5-6,11-12H2;1-2H3. The molecular formula is C12H22N2O. The van der Waals surface area contributed by atoms with E-state index in [2.05, 4.69) is 0 Å². The second-order valence-corrected chi connectivity index (χ2v) is 3.31. The van der Waals surface area contributed by atoms with E-state index >= 15 is 0 Å². The summed E-state index contributed by atoms with van der Waals surface area (Å²) >= 11 is 0. The zero-order valence-electron chi connectivity index (χ0n) is 9.70. The van der Waals surface area contributed by atoms with Gasteiger partial charge in [-0.15, -0.1) is 0 Å². The van der Waals surface area contributed by atoms with Crippen molar-refractivity contribution < 1.29 is 4.79 Å². The highest BCUT2D eigenvalue weighted by atomic mass is 16.1. The molecule has 0 bridgehead atoms. The molecule has 0 spiro atoms. The third kappa shape index (κ3) is 4.79. The van der Waals surface area contributed by atoms with Crippen LogP contribution < -0.4 is 11.5 Å². The maximum absolute atomic E-state index is 10.6. The summed E-state index contributed by atoms with van der Waals surface area (Å²) in [6.07, 6.45) is 7.39. The van der Waals surface area contributed by atoms with Crippen molar-refractivity contribution in [3.8, 4) is 0 Å². The first kappa shape index (κ1) is 13.9. The van der Waals surface area contributed by atoms with Crippen LogP contribution in [0.25, 0.3) is 0 Å². The third-order valence-electron chi connectivity index (χ3n) is 2.35. The van der Waals surface area contributed by atoms with Crippen molar-refractivity contribution in [2.45, 2.75) is 33.1 Å². The van der Waals surface area contributed by atoms with E-state index in [0.717, 1.165) is 25.5 Å². The number of aldehydes is 1. The Bertz CT molecular complexity index is 244. The zero-order chi connectivity index (χ0) is 11.7. The molecule has 0 aromatic heterocycles. The summed E-state index contributed by atoms with van der Waals surface area (Å²) in [6.45, 7) is 4.66. The number of hydrogen-bond donors (Lipinski definition) is 2. The average molecular weight is 210 g/mol. The van der Waals surface area contributed by atoms with Gasteiger partial charge in [0.05, 0.1) is 5.92 Å². The van der Waals surface area contributed by atoms with Gasteiger partial charge in [0.1, 0.15) is 6.29 Å². The van der Waals surface area contributed by atoms with Gasteiger partial charge in [0.2, 0.25) is 0 Å². The fraction of sp³-hybridized carbons (Fsp3) is 0.583. The second kappa shape index (κ2) is 8.24. The fourth-order valence-electron chi connectivity index (χ4n) is 1.47. The summed E-state index contributed by atoms with van der Waals surface area (Å²) in [5.74, 6) is -0.105. The lowest BCUT2D eigenvalue weighted by atomic mass is 10.00. The average Bonchev–Trinajstić information content (AvgIpc) is 2.45. The molecule has 86 valence electrons. The van der Waals surface area contributed by atoms with Crippen LogP contribution in [0.15, 0.2) is 23.4 Å². The van der Waals surface area contributed by atoms with E-state index in [0.29, 0.717) is 12.2 Å². The maximum Gasteiger partial charge on any atom is 0.128 e. The maximum atomic E-state index is 10.6. The molecule has 0 aromatic rings. The molecule has 0 heterocycles. The van der Waals surface area contributed by atoms with Gasteiger partial charge in [-0.1, -0.05) is 25.5 Å². The van der Waals surface area contributed by atoms with E-state index in [-0.39, 0.29) is 5.92 Å². The van der Waals surface area contributed by atoms with E-state index in [1.807, 2.05) is 26.0 Å².